The second-order valence-electron chi connectivity index (χ2n) is 8.45. The average molecular weight is 456 g/mol. The van der Waals surface area contributed by atoms with Crippen LogP contribution in [0.4, 0.5) is 0 Å². The van der Waals surface area contributed by atoms with Gasteiger partial charge in [0.1, 0.15) is 5.65 Å². The largest absolute Gasteiger partial charge is 0.480 e. The molecule has 0 aliphatic carbocycles. The van der Waals surface area contributed by atoms with Crippen LogP contribution in [-0.2, 0) is 15.9 Å². The van der Waals surface area contributed by atoms with Gasteiger partial charge in [0.15, 0.2) is 5.16 Å². The summed E-state index contributed by atoms with van der Waals surface area (Å²) >= 11 is 0. The van der Waals surface area contributed by atoms with E-state index in [2.05, 4.69) is 4.98 Å². The SMILES string of the molecule is NCCCC[C@@]1(C(=O)O)CN(Cc2ccccc2-c2cnc3ccccn23)CCP1(=O)O. The summed E-state index contributed by atoms with van der Waals surface area (Å²) in [6.45, 7) is 1.34. The van der Waals surface area contributed by atoms with Crippen molar-refractivity contribution in [3.63, 3.8) is 0 Å². The zero-order chi connectivity index (χ0) is 22.8. The maximum Gasteiger partial charge on any atom is 0.320 e. The summed E-state index contributed by atoms with van der Waals surface area (Å²) in [5, 5.41) is 8.37. The van der Waals surface area contributed by atoms with Crippen LogP contribution < -0.4 is 5.73 Å². The van der Waals surface area contributed by atoms with Crippen LogP contribution in [0.5, 0.6) is 0 Å². The number of nitrogens with zero attached hydrogens (tertiary/aromatic N) is 3. The molecule has 0 spiro atoms. The number of benzene rings is 1. The van der Waals surface area contributed by atoms with Gasteiger partial charge in [-0.25, -0.2) is 4.98 Å². The van der Waals surface area contributed by atoms with Gasteiger partial charge in [-0.15, -0.1) is 0 Å². The molecule has 0 bridgehead atoms. The van der Waals surface area contributed by atoms with Gasteiger partial charge in [-0.1, -0.05) is 36.8 Å². The highest BCUT2D eigenvalue weighted by molar-refractivity contribution is 7.61. The molecule has 9 heteroatoms. The number of unbranched alkanes of at least 4 members (excludes halogenated alkanes) is 1. The Kier molecular flexibility index (Phi) is 6.49. The summed E-state index contributed by atoms with van der Waals surface area (Å²) in [7, 11) is -3.85. The maximum atomic E-state index is 13.0. The molecule has 32 heavy (non-hydrogen) atoms. The molecule has 8 nitrogen and oxygen atoms in total. The molecule has 170 valence electrons. The average Bonchev–Trinajstić information content (AvgIpc) is 3.20. The van der Waals surface area contributed by atoms with Crippen molar-refractivity contribution in [2.24, 2.45) is 5.73 Å². The summed E-state index contributed by atoms with van der Waals surface area (Å²) in [6.07, 6.45) is 5.06. The molecule has 0 saturated carbocycles. The second kappa shape index (κ2) is 9.16. The molecule has 2 atom stereocenters. The summed E-state index contributed by atoms with van der Waals surface area (Å²) < 4.78 is 15.0. The van der Waals surface area contributed by atoms with E-state index in [1.165, 1.54) is 0 Å². The lowest BCUT2D eigenvalue weighted by molar-refractivity contribution is -0.141. The predicted octanol–water partition coefficient (Wildman–Crippen LogP) is 3.04. The van der Waals surface area contributed by atoms with E-state index in [0.717, 1.165) is 22.5 Å². The van der Waals surface area contributed by atoms with E-state index in [1.54, 1.807) is 0 Å². The number of hydrogen-bond donors (Lipinski definition) is 3. The number of carbonyl (C=O) groups is 1. The van der Waals surface area contributed by atoms with E-state index < -0.39 is 18.5 Å². The fourth-order valence-electron chi connectivity index (χ4n) is 4.61. The van der Waals surface area contributed by atoms with Gasteiger partial charge in [-0.3, -0.25) is 18.7 Å². The maximum absolute atomic E-state index is 13.0. The van der Waals surface area contributed by atoms with Gasteiger partial charge in [-0.2, -0.15) is 0 Å². The molecule has 1 fully saturated rings. The molecule has 1 aliphatic heterocycles. The number of nitrogens with two attached hydrogens (primary N) is 1. The highest BCUT2D eigenvalue weighted by Gasteiger charge is 2.56. The van der Waals surface area contributed by atoms with Gasteiger partial charge in [0.25, 0.3) is 0 Å². The van der Waals surface area contributed by atoms with E-state index in [4.69, 9.17) is 5.73 Å². The second-order valence-corrected chi connectivity index (χ2v) is 11.2. The lowest BCUT2D eigenvalue weighted by atomic mass is 9.98. The van der Waals surface area contributed by atoms with Crippen LogP contribution in [0.3, 0.4) is 0 Å². The van der Waals surface area contributed by atoms with Crippen molar-refractivity contribution in [2.45, 2.75) is 31.0 Å². The van der Waals surface area contributed by atoms with E-state index in [1.807, 2.05) is 64.2 Å². The number of aromatic nitrogens is 2. The topological polar surface area (TPSA) is 121 Å². The van der Waals surface area contributed by atoms with Crippen molar-refractivity contribution in [1.29, 1.82) is 0 Å². The molecule has 1 saturated heterocycles. The fraction of sp³-hybridized carbons (Fsp3) is 0.391. The smallest absolute Gasteiger partial charge is 0.320 e. The first-order valence-corrected chi connectivity index (χ1v) is 12.7. The fourth-order valence-corrected chi connectivity index (χ4v) is 6.82. The van der Waals surface area contributed by atoms with Crippen molar-refractivity contribution < 1.29 is 19.4 Å². The van der Waals surface area contributed by atoms with E-state index in [0.29, 0.717) is 32.5 Å². The standard InChI is InChI=1S/C23H29N4O4P/c24-11-5-4-10-23(22(28)29)17-26(13-14-32(23,30)31)16-18-7-1-2-8-19(18)20-15-25-21-9-3-6-12-27(20)21/h1-3,6-9,12,15H,4-5,10-11,13-14,16-17,24H2,(H,28,29)(H,30,31)/t23-/m0/s1. The molecule has 1 unspecified atom stereocenters. The van der Waals surface area contributed by atoms with Gasteiger partial charge in [0.2, 0.25) is 7.37 Å². The van der Waals surface area contributed by atoms with E-state index in [-0.39, 0.29) is 19.1 Å². The summed E-state index contributed by atoms with van der Waals surface area (Å²) in [6, 6.07) is 13.8. The minimum Gasteiger partial charge on any atom is -0.480 e. The molecule has 1 aromatic carbocycles. The number of aliphatic carboxylic acids is 1. The highest BCUT2D eigenvalue weighted by Crippen LogP contribution is 2.59. The third kappa shape index (κ3) is 4.11. The first-order valence-electron chi connectivity index (χ1n) is 10.9. The van der Waals surface area contributed by atoms with Gasteiger partial charge >= 0.3 is 5.97 Å². The molecule has 4 rings (SSSR count). The van der Waals surface area contributed by atoms with Crippen LogP contribution in [0, 0.1) is 0 Å². The summed E-state index contributed by atoms with van der Waals surface area (Å²) in [4.78, 5) is 29.4. The normalized spacial score (nSPS) is 24.1. The van der Waals surface area contributed by atoms with E-state index in [9.17, 15) is 19.4 Å². The van der Waals surface area contributed by atoms with Crippen molar-refractivity contribution in [3.05, 3.63) is 60.4 Å². The third-order valence-corrected chi connectivity index (χ3v) is 9.12. The molecule has 3 aromatic rings. The quantitative estimate of drug-likeness (QED) is 0.352. The van der Waals surface area contributed by atoms with Crippen LogP contribution in [-0.4, -0.2) is 61.2 Å². The molecule has 4 N–H and O–H groups in total. The minimum absolute atomic E-state index is 0.0281. The molecule has 3 heterocycles. The Hall–Kier alpha value is -2.51. The number of imidazole rings is 1. The van der Waals surface area contributed by atoms with Gasteiger partial charge < -0.3 is 15.7 Å². The van der Waals surface area contributed by atoms with Crippen LogP contribution in [0.2, 0.25) is 0 Å². The number of carboxylic acid groups (broad SMARTS) is 1. The molecule has 0 radical (unpaired) electrons. The van der Waals surface area contributed by atoms with E-state index >= 15 is 0 Å². The van der Waals surface area contributed by atoms with Crippen LogP contribution in [0.15, 0.2) is 54.9 Å². The zero-order valence-electron chi connectivity index (χ0n) is 17.9. The van der Waals surface area contributed by atoms with Crippen molar-refractivity contribution >= 4 is 19.0 Å². The van der Waals surface area contributed by atoms with Gasteiger partial charge in [-0.05, 0) is 37.1 Å². The summed E-state index contributed by atoms with van der Waals surface area (Å²) in [5.74, 6) is -1.19. The van der Waals surface area contributed by atoms with Gasteiger partial charge in [0, 0.05) is 37.6 Å². The molecular weight excluding hydrogens is 427 g/mol. The first-order chi connectivity index (χ1) is 15.4. The predicted molar refractivity (Wildman–Crippen MR) is 124 cm³/mol. The monoisotopic (exact) mass is 456 g/mol. The zero-order valence-corrected chi connectivity index (χ0v) is 18.8. The Bertz CT molecular complexity index is 1160. The number of rotatable bonds is 8. The Morgan fingerprint density at radius 3 is 2.75 bits per heavy atom. The molecule has 2 aromatic heterocycles. The lowest BCUT2D eigenvalue weighted by Crippen LogP contribution is -2.53. The minimum atomic E-state index is -3.85. The Balaban J connectivity index is 1.64. The van der Waals surface area contributed by atoms with Crippen molar-refractivity contribution in [3.8, 4) is 11.3 Å². The Morgan fingerprint density at radius 2 is 1.97 bits per heavy atom. The first kappa shape index (κ1) is 22.7. The van der Waals surface area contributed by atoms with Crippen LogP contribution in [0.25, 0.3) is 16.9 Å². The Morgan fingerprint density at radius 1 is 1.19 bits per heavy atom. The number of pyridine rings is 1. The number of carboxylic acids is 1. The highest BCUT2D eigenvalue weighted by atomic mass is 31.2. The van der Waals surface area contributed by atoms with Gasteiger partial charge in [0.05, 0.1) is 11.9 Å². The molecular formula is C23H29N4O4P. The van der Waals surface area contributed by atoms with Crippen LogP contribution >= 0.6 is 7.37 Å². The molecule has 0 amide bonds. The van der Waals surface area contributed by atoms with Crippen molar-refractivity contribution in [2.75, 3.05) is 25.8 Å². The lowest BCUT2D eigenvalue weighted by Gasteiger charge is -2.43. The summed E-state index contributed by atoms with van der Waals surface area (Å²) in [5.41, 5.74) is 9.40. The number of hydrogen-bond acceptors (Lipinski definition) is 5. The Labute approximate surface area is 187 Å². The van der Waals surface area contributed by atoms with Crippen LogP contribution in [0.1, 0.15) is 24.8 Å². The number of fused-ring (bicyclic) bond motifs is 1. The third-order valence-electron chi connectivity index (χ3n) is 6.42. The van der Waals surface area contributed by atoms with Crippen molar-refractivity contribution in [1.82, 2.24) is 14.3 Å². The molecule has 1 aliphatic rings.